The number of aromatic nitrogens is 2. The number of likely N-dealkylation sites (tertiary alicyclic amines) is 1. The number of hydrogen-bond acceptors (Lipinski definition) is 4. The maximum Gasteiger partial charge on any atom is 0.356 e. The lowest BCUT2D eigenvalue weighted by Gasteiger charge is -2.43. The fraction of sp³-hybridized carbons (Fsp3) is 0.737. The van der Waals surface area contributed by atoms with Crippen LogP contribution in [0.3, 0.4) is 0 Å². The van der Waals surface area contributed by atoms with Crippen molar-refractivity contribution in [3.8, 4) is 0 Å². The van der Waals surface area contributed by atoms with Crippen molar-refractivity contribution in [3.05, 3.63) is 17.0 Å². The lowest BCUT2D eigenvalue weighted by atomic mass is 9.76. The second-order valence-corrected chi connectivity index (χ2v) is 8.19. The highest BCUT2D eigenvalue weighted by molar-refractivity contribution is 5.87. The largest absolute Gasteiger partial charge is 0.476 e. The number of nitrogens with zero attached hydrogens (tertiary/aromatic N) is 3. The maximum absolute atomic E-state index is 11.6. The van der Waals surface area contributed by atoms with Crippen molar-refractivity contribution in [2.75, 3.05) is 19.6 Å². The van der Waals surface area contributed by atoms with Crippen LogP contribution in [-0.2, 0) is 24.2 Å². The Balaban J connectivity index is 1.47. The van der Waals surface area contributed by atoms with E-state index in [4.69, 9.17) is 0 Å². The molecule has 0 aromatic carbocycles. The van der Waals surface area contributed by atoms with Crippen molar-refractivity contribution in [1.82, 2.24) is 20.0 Å². The number of carboxylic acids is 1. The third kappa shape index (κ3) is 3.02. The molecule has 1 spiro atoms. The van der Waals surface area contributed by atoms with Crippen LogP contribution in [0, 0.1) is 5.41 Å². The number of piperidine rings is 1. The number of aromatic carboxylic acids is 1. The number of aryl methyl sites for hydroxylation is 1. The summed E-state index contributed by atoms with van der Waals surface area (Å²) in [6.45, 7) is 5.70. The quantitative estimate of drug-likeness (QED) is 0.849. The van der Waals surface area contributed by atoms with Crippen molar-refractivity contribution < 1.29 is 14.7 Å². The molecule has 142 valence electrons. The zero-order valence-corrected chi connectivity index (χ0v) is 15.5. The molecule has 2 saturated heterocycles. The third-order valence-electron chi connectivity index (χ3n) is 6.53. The van der Waals surface area contributed by atoms with Crippen LogP contribution in [0.15, 0.2) is 0 Å². The minimum atomic E-state index is -0.912. The van der Waals surface area contributed by atoms with Crippen LogP contribution in [0.4, 0.5) is 0 Å². The summed E-state index contributed by atoms with van der Waals surface area (Å²) in [6, 6.07) is 0.391. The molecule has 7 heteroatoms. The molecule has 2 N–H and O–H groups in total. The summed E-state index contributed by atoms with van der Waals surface area (Å²) in [6.07, 6.45) is 6.48. The number of carbonyl (C=O) groups is 2. The Morgan fingerprint density at radius 3 is 2.77 bits per heavy atom. The van der Waals surface area contributed by atoms with Crippen LogP contribution in [0.2, 0.25) is 0 Å². The van der Waals surface area contributed by atoms with Gasteiger partial charge >= 0.3 is 5.97 Å². The molecule has 4 rings (SSSR count). The first-order chi connectivity index (χ1) is 12.5. The first kappa shape index (κ1) is 17.5. The smallest absolute Gasteiger partial charge is 0.356 e. The van der Waals surface area contributed by atoms with Crippen LogP contribution in [0.25, 0.3) is 0 Å². The average molecular weight is 360 g/mol. The van der Waals surface area contributed by atoms with E-state index in [0.29, 0.717) is 12.5 Å². The van der Waals surface area contributed by atoms with Crippen molar-refractivity contribution in [2.24, 2.45) is 5.41 Å². The van der Waals surface area contributed by atoms with Crippen LogP contribution in [0.5, 0.6) is 0 Å². The summed E-state index contributed by atoms with van der Waals surface area (Å²) >= 11 is 0. The summed E-state index contributed by atoms with van der Waals surface area (Å²) in [5.74, 6) is -0.722. The number of rotatable bonds is 4. The number of fused-ring (bicyclic) bond motifs is 1. The van der Waals surface area contributed by atoms with E-state index in [1.165, 1.54) is 0 Å². The summed E-state index contributed by atoms with van der Waals surface area (Å²) in [5, 5.41) is 16.9. The van der Waals surface area contributed by atoms with Gasteiger partial charge in [-0.2, -0.15) is 5.10 Å². The molecule has 26 heavy (non-hydrogen) atoms. The van der Waals surface area contributed by atoms with E-state index in [1.54, 1.807) is 0 Å². The minimum Gasteiger partial charge on any atom is -0.476 e. The number of carboxylic acid groups (broad SMARTS) is 1. The summed E-state index contributed by atoms with van der Waals surface area (Å²) in [7, 11) is 0. The molecule has 2 aliphatic heterocycles. The molecule has 1 atom stereocenters. The lowest BCUT2D eigenvalue weighted by molar-refractivity contribution is -0.119. The Hall–Kier alpha value is -1.89. The molecule has 1 aromatic rings. The molecule has 0 bridgehead atoms. The third-order valence-corrected chi connectivity index (χ3v) is 6.53. The molecule has 2 fully saturated rings. The van der Waals surface area contributed by atoms with Gasteiger partial charge in [0.05, 0.1) is 0 Å². The van der Waals surface area contributed by atoms with Crippen LogP contribution < -0.4 is 5.32 Å². The molecule has 0 saturated carbocycles. The van der Waals surface area contributed by atoms with Crippen molar-refractivity contribution in [3.63, 3.8) is 0 Å². The average Bonchev–Trinajstić information content (AvgIpc) is 3.17. The maximum atomic E-state index is 11.6. The lowest BCUT2D eigenvalue weighted by Crippen LogP contribution is -2.47. The first-order valence-corrected chi connectivity index (χ1v) is 9.84. The molecule has 0 radical (unpaired) electrons. The zero-order chi connectivity index (χ0) is 18.3. The standard InChI is InChI=1S/C19H28N4O3/c1-2-7-23-15-4-3-13(10-14(15)17(21-23)18(25)26)22-8-5-19(6-9-22)11-16(24)20-12-19/h13H,2-12H2,1H3,(H,20,24)(H,25,26)/t13-/m1/s1. The van der Waals surface area contributed by atoms with Gasteiger partial charge in [0.2, 0.25) is 5.91 Å². The van der Waals surface area contributed by atoms with Gasteiger partial charge in [0.1, 0.15) is 0 Å². The van der Waals surface area contributed by atoms with Crippen molar-refractivity contribution >= 4 is 11.9 Å². The molecule has 1 aromatic heterocycles. The van der Waals surface area contributed by atoms with E-state index >= 15 is 0 Å². The molecular formula is C19H28N4O3. The summed E-state index contributed by atoms with van der Waals surface area (Å²) < 4.78 is 1.91. The van der Waals surface area contributed by atoms with Crippen LogP contribution >= 0.6 is 0 Å². The Bertz CT molecular complexity index is 719. The van der Waals surface area contributed by atoms with Gasteiger partial charge in [0.25, 0.3) is 0 Å². The minimum absolute atomic E-state index is 0.158. The van der Waals surface area contributed by atoms with E-state index in [0.717, 1.165) is 76.0 Å². The van der Waals surface area contributed by atoms with Crippen molar-refractivity contribution in [1.29, 1.82) is 0 Å². The predicted molar refractivity (Wildman–Crippen MR) is 96.2 cm³/mol. The normalized spacial score (nSPS) is 25.3. The Kier molecular flexibility index (Phi) is 4.50. The molecule has 0 unspecified atom stereocenters. The molecule has 7 nitrogen and oxygen atoms in total. The fourth-order valence-corrected chi connectivity index (χ4v) is 5.02. The molecular weight excluding hydrogens is 332 g/mol. The molecule has 3 aliphatic rings. The summed E-state index contributed by atoms with van der Waals surface area (Å²) in [5.41, 5.74) is 2.48. The molecule has 3 heterocycles. The van der Waals surface area contributed by atoms with E-state index in [1.807, 2.05) is 4.68 Å². The number of carbonyl (C=O) groups excluding carboxylic acids is 1. The predicted octanol–water partition coefficient (Wildman–Crippen LogP) is 1.45. The van der Waals surface area contributed by atoms with Gasteiger partial charge in [-0.1, -0.05) is 6.92 Å². The number of hydrogen-bond donors (Lipinski definition) is 2. The van der Waals surface area contributed by atoms with Gasteiger partial charge in [-0.25, -0.2) is 4.79 Å². The monoisotopic (exact) mass is 360 g/mol. The topological polar surface area (TPSA) is 87.5 Å². The summed E-state index contributed by atoms with van der Waals surface area (Å²) in [4.78, 5) is 25.8. The zero-order valence-electron chi connectivity index (χ0n) is 15.5. The second-order valence-electron chi connectivity index (χ2n) is 8.19. The van der Waals surface area contributed by atoms with Gasteiger partial charge < -0.3 is 10.4 Å². The van der Waals surface area contributed by atoms with Gasteiger partial charge in [-0.15, -0.1) is 0 Å². The highest BCUT2D eigenvalue weighted by atomic mass is 16.4. The second kappa shape index (κ2) is 6.68. The highest BCUT2D eigenvalue weighted by Crippen LogP contribution is 2.39. The van der Waals surface area contributed by atoms with E-state index < -0.39 is 5.97 Å². The van der Waals surface area contributed by atoms with E-state index in [-0.39, 0.29) is 17.0 Å². The fourth-order valence-electron chi connectivity index (χ4n) is 5.02. The van der Waals surface area contributed by atoms with E-state index in [2.05, 4.69) is 22.2 Å². The number of amides is 1. The first-order valence-electron chi connectivity index (χ1n) is 9.84. The van der Waals surface area contributed by atoms with Crippen LogP contribution in [-0.4, -0.2) is 57.3 Å². The molecule has 1 amide bonds. The Morgan fingerprint density at radius 1 is 1.38 bits per heavy atom. The SMILES string of the molecule is CCCn1nc(C(=O)O)c2c1CC[C@@H](N1CCC3(CC1)CNC(=O)C3)C2. The Morgan fingerprint density at radius 2 is 2.15 bits per heavy atom. The number of nitrogens with one attached hydrogen (secondary N) is 1. The van der Waals surface area contributed by atoms with Gasteiger partial charge in [-0.05, 0) is 57.0 Å². The van der Waals surface area contributed by atoms with Crippen molar-refractivity contribution in [2.45, 2.75) is 64.5 Å². The van der Waals surface area contributed by atoms with E-state index in [9.17, 15) is 14.7 Å². The van der Waals surface area contributed by atoms with Gasteiger partial charge in [-0.3, -0.25) is 14.4 Å². The highest BCUT2D eigenvalue weighted by Gasteiger charge is 2.42. The van der Waals surface area contributed by atoms with Crippen LogP contribution in [0.1, 0.15) is 60.8 Å². The molecule has 1 aliphatic carbocycles. The van der Waals surface area contributed by atoms with Gasteiger partial charge in [0.15, 0.2) is 5.69 Å². The Labute approximate surface area is 153 Å². The van der Waals surface area contributed by atoms with Gasteiger partial charge in [0, 0.05) is 36.8 Å².